The molecule has 2 N–H and O–H groups in total. The van der Waals surface area contributed by atoms with Crippen LogP contribution in [0.5, 0.6) is 0 Å². The molecule has 0 spiro atoms. The Morgan fingerprint density at radius 3 is 2.95 bits per heavy atom. The SMILES string of the molecule is NCC(c1sccc1Br)N1CCc2ccc(F)cc21. The average Bonchev–Trinajstić information content (AvgIpc) is 2.99. The molecule has 3 rings (SSSR count). The summed E-state index contributed by atoms with van der Waals surface area (Å²) < 4.78 is 14.5. The lowest BCUT2D eigenvalue weighted by atomic mass is 10.1. The minimum absolute atomic E-state index is 0.109. The van der Waals surface area contributed by atoms with E-state index in [1.165, 1.54) is 16.5 Å². The first-order valence-electron chi connectivity index (χ1n) is 6.18. The predicted molar refractivity (Wildman–Crippen MR) is 81.3 cm³/mol. The lowest BCUT2D eigenvalue weighted by Crippen LogP contribution is -2.32. The van der Waals surface area contributed by atoms with Crippen molar-refractivity contribution in [3.63, 3.8) is 0 Å². The summed E-state index contributed by atoms with van der Waals surface area (Å²) in [4.78, 5) is 3.43. The van der Waals surface area contributed by atoms with E-state index in [-0.39, 0.29) is 11.9 Å². The minimum Gasteiger partial charge on any atom is -0.362 e. The average molecular weight is 341 g/mol. The Morgan fingerprint density at radius 2 is 2.26 bits per heavy atom. The third-order valence-electron chi connectivity index (χ3n) is 3.53. The van der Waals surface area contributed by atoms with Gasteiger partial charge in [0.2, 0.25) is 0 Å². The van der Waals surface area contributed by atoms with E-state index in [0.29, 0.717) is 6.54 Å². The molecule has 0 fully saturated rings. The number of hydrogen-bond acceptors (Lipinski definition) is 3. The molecule has 2 heterocycles. The topological polar surface area (TPSA) is 29.3 Å². The highest BCUT2D eigenvalue weighted by atomic mass is 79.9. The summed E-state index contributed by atoms with van der Waals surface area (Å²) in [6.07, 6.45) is 0.953. The lowest BCUT2D eigenvalue weighted by Gasteiger charge is -2.29. The number of benzene rings is 1. The fourth-order valence-electron chi connectivity index (χ4n) is 2.62. The Hall–Kier alpha value is -0.910. The first-order valence-corrected chi connectivity index (χ1v) is 7.86. The molecule has 0 amide bonds. The van der Waals surface area contributed by atoms with Crippen LogP contribution in [-0.2, 0) is 6.42 Å². The van der Waals surface area contributed by atoms with Crippen molar-refractivity contribution in [3.8, 4) is 0 Å². The van der Waals surface area contributed by atoms with E-state index < -0.39 is 0 Å². The number of thiophene rings is 1. The van der Waals surface area contributed by atoms with Crippen LogP contribution in [-0.4, -0.2) is 13.1 Å². The molecule has 2 nitrogen and oxygen atoms in total. The Labute approximate surface area is 124 Å². The molecular weight excluding hydrogens is 327 g/mol. The summed E-state index contributed by atoms with van der Waals surface area (Å²) in [5.41, 5.74) is 8.14. The molecule has 1 aromatic heterocycles. The number of hydrogen-bond donors (Lipinski definition) is 1. The Kier molecular flexibility index (Phi) is 3.60. The molecule has 19 heavy (non-hydrogen) atoms. The van der Waals surface area contributed by atoms with Crippen LogP contribution < -0.4 is 10.6 Å². The van der Waals surface area contributed by atoms with E-state index in [0.717, 1.165) is 23.1 Å². The van der Waals surface area contributed by atoms with Crippen molar-refractivity contribution in [2.45, 2.75) is 12.5 Å². The highest BCUT2D eigenvalue weighted by Gasteiger charge is 2.28. The van der Waals surface area contributed by atoms with Crippen LogP contribution in [0.25, 0.3) is 0 Å². The zero-order chi connectivity index (χ0) is 13.4. The predicted octanol–water partition coefficient (Wildman–Crippen LogP) is 3.71. The minimum atomic E-state index is -0.188. The van der Waals surface area contributed by atoms with Gasteiger partial charge in [0.1, 0.15) is 5.82 Å². The third kappa shape index (κ3) is 2.30. The van der Waals surface area contributed by atoms with Crippen molar-refractivity contribution >= 4 is 33.0 Å². The molecule has 1 aliphatic rings. The third-order valence-corrected chi connectivity index (χ3v) is 5.50. The standard InChI is InChI=1S/C14H14BrFN2S/c15-11-4-6-19-14(11)13(8-17)18-5-3-9-1-2-10(16)7-12(9)18/h1-2,4,6-7,13H,3,5,8,17H2. The number of halogens is 2. The molecule has 1 aromatic carbocycles. The molecule has 0 saturated carbocycles. The van der Waals surface area contributed by atoms with Gasteiger partial charge in [0.25, 0.3) is 0 Å². The van der Waals surface area contributed by atoms with Gasteiger partial charge in [-0.05, 0) is 51.5 Å². The van der Waals surface area contributed by atoms with Crippen molar-refractivity contribution < 1.29 is 4.39 Å². The number of nitrogens with zero attached hydrogens (tertiary/aromatic N) is 1. The smallest absolute Gasteiger partial charge is 0.125 e. The van der Waals surface area contributed by atoms with E-state index >= 15 is 0 Å². The van der Waals surface area contributed by atoms with Crippen LogP contribution in [0.2, 0.25) is 0 Å². The van der Waals surface area contributed by atoms with E-state index in [2.05, 4.69) is 20.8 Å². The fraction of sp³-hybridized carbons (Fsp3) is 0.286. The van der Waals surface area contributed by atoms with Gasteiger partial charge in [-0.15, -0.1) is 11.3 Å². The molecular formula is C14H14BrFN2S. The van der Waals surface area contributed by atoms with Crippen LogP contribution in [0.4, 0.5) is 10.1 Å². The summed E-state index contributed by atoms with van der Waals surface area (Å²) in [5.74, 6) is -0.188. The summed E-state index contributed by atoms with van der Waals surface area (Å²) in [6.45, 7) is 1.42. The van der Waals surface area contributed by atoms with Crippen molar-refractivity contribution in [2.24, 2.45) is 5.73 Å². The monoisotopic (exact) mass is 340 g/mol. The van der Waals surface area contributed by atoms with Crippen LogP contribution in [0.1, 0.15) is 16.5 Å². The van der Waals surface area contributed by atoms with Gasteiger partial charge in [0.05, 0.1) is 6.04 Å². The van der Waals surface area contributed by atoms with E-state index in [1.54, 1.807) is 17.4 Å². The van der Waals surface area contributed by atoms with Gasteiger partial charge >= 0.3 is 0 Å². The highest BCUT2D eigenvalue weighted by Crippen LogP contribution is 2.39. The maximum Gasteiger partial charge on any atom is 0.125 e. The summed E-state index contributed by atoms with van der Waals surface area (Å²) in [6, 6.07) is 7.16. The largest absolute Gasteiger partial charge is 0.362 e. The van der Waals surface area contributed by atoms with Crippen molar-refractivity contribution in [2.75, 3.05) is 18.0 Å². The second kappa shape index (κ2) is 5.23. The van der Waals surface area contributed by atoms with Gasteiger partial charge in [-0.25, -0.2) is 4.39 Å². The van der Waals surface area contributed by atoms with Crippen LogP contribution >= 0.6 is 27.3 Å². The van der Waals surface area contributed by atoms with Gasteiger partial charge in [-0.3, -0.25) is 0 Å². The Morgan fingerprint density at radius 1 is 1.42 bits per heavy atom. The second-order valence-electron chi connectivity index (χ2n) is 4.60. The summed E-state index contributed by atoms with van der Waals surface area (Å²) in [5, 5.41) is 2.05. The number of nitrogens with two attached hydrogens (primary N) is 1. The zero-order valence-corrected chi connectivity index (χ0v) is 12.7. The first kappa shape index (κ1) is 13.1. The molecule has 0 radical (unpaired) electrons. The van der Waals surface area contributed by atoms with Gasteiger partial charge in [-0.2, -0.15) is 0 Å². The van der Waals surface area contributed by atoms with E-state index in [4.69, 9.17) is 5.73 Å². The number of fused-ring (bicyclic) bond motifs is 1. The molecule has 1 aliphatic heterocycles. The molecule has 0 bridgehead atoms. The highest BCUT2D eigenvalue weighted by molar-refractivity contribution is 9.10. The van der Waals surface area contributed by atoms with Crippen LogP contribution in [0, 0.1) is 5.82 Å². The van der Waals surface area contributed by atoms with Crippen molar-refractivity contribution in [1.29, 1.82) is 0 Å². The Bertz CT molecular complexity index is 599. The quantitative estimate of drug-likeness (QED) is 0.922. The van der Waals surface area contributed by atoms with Gasteiger partial charge < -0.3 is 10.6 Å². The second-order valence-corrected chi connectivity index (χ2v) is 6.40. The molecule has 1 atom stereocenters. The summed E-state index contributed by atoms with van der Waals surface area (Å²) in [7, 11) is 0. The van der Waals surface area contributed by atoms with Crippen LogP contribution in [0.3, 0.4) is 0 Å². The molecule has 0 saturated heterocycles. The molecule has 2 aromatic rings. The van der Waals surface area contributed by atoms with Crippen molar-refractivity contribution in [1.82, 2.24) is 0 Å². The van der Waals surface area contributed by atoms with Gasteiger partial charge in [-0.1, -0.05) is 6.07 Å². The van der Waals surface area contributed by atoms with Crippen LogP contribution in [0.15, 0.2) is 34.1 Å². The van der Waals surface area contributed by atoms with Gasteiger partial charge in [0, 0.05) is 28.1 Å². The fourth-order valence-corrected chi connectivity index (χ4v) is 4.38. The van der Waals surface area contributed by atoms with E-state index in [1.807, 2.05) is 17.5 Å². The van der Waals surface area contributed by atoms with Crippen molar-refractivity contribution in [3.05, 3.63) is 50.4 Å². The molecule has 0 aliphatic carbocycles. The maximum atomic E-state index is 13.5. The Balaban J connectivity index is 2.00. The van der Waals surface area contributed by atoms with Gasteiger partial charge in [0.15, 0.2) is 0 Å². The van der Waals surface area contributed by atoms with E-state index in [9.17, 15) is 4.39 Å². The number of rotatable bonds is 3. The summed E-state index contributed by atoms with van der Waals surface area (Å²) >= 11 is 5.25. The normalized spacial score (nSPS) is 15.6. The zero-order valence-electron chi connectivity index (χ0n) is 10.3. The maximum absolute atomic E-state index is 13.5. The lowest BCUT2D eigenvalue weighted by molar-refractivity contribution is 0.622. The molecule has 100 valence electrons. The number of anilines is 1. The molecule has 5 heteroatoms. The molecule has 1 unspecified atom stereocenters. The first-order chi connectivity index (χ1) is 9.20.